The Bertz CT molecular complexity index is 3750. The van der Waals surface area contributed by atoms with Crippen LogP contribution in [-0.2, 0) is 36.0 Å². The van der Waals surface area contributed by atoms with E-state index >= 15 is 0 Å². The number of alkyl halides is 3. The Morgan fingerprint density at radius 3 is 2.20 bits per heavy atom. The molecule has 0 aromatic heterocycles. The van der Waals surface area contributed by atoms with Crippen LogP contribution >= 0.6 is 23.4 Å². The van der Waals surface area contributed by atoms with E-state index in [0.29, 0.717) is 48.2 Å². The second-order valence-electron chi connectivity index (χ2n) is 24.2. The third-order valence-corrected chi connectivity index (χ3v) is 21.6. The average molecular weight is 1300 g/mol. The van der Waals surface area contributed by atoms with Gasteiger partial charge in [-0.2, -0.15) is 13.2 Å². The van der Waals surface area contributed by atoms with Crippen LogP contribution in [0.5, 0.6) is 0 Å². The van der Waals surface area contributed by atoms with Gasteiger partial charge in [0.1, 0.15) is 10.9 Å². The van der Waals surface area contributed by atoms with Gasteiger partial charge in [-0.05, 0) is 159 Å². The van der Waals surface area contributed by atoms with Gasteiger partial charge in [-0.25, -0.2) is 21.6 Å². The highest BCUT2D eigenvalue weighted by Crippen LogP contribution is 2.43. The monoisotopic (exact) mass is 1290 g/mol. The van der Waals surface area contributed by atoms with Gasteiger partial charge in [-0.15, -0.1) is 11.8 Å². The summed E-state index contributed by atoms with van der Waals surface area (Å²) in [5.74, 6) is 4.73. The highest BCUT2D eigenvalue weighted by molar-refractivity contribution is 7.99. The van der Waals surface area contributed by atoms with E-state index in [1.807, 2.05) is 59.3 Å². The number of thioether (sulfide) groups is 1. The first-order chi connectivity index (χ1) is 42.5. The Morgan fingerprint density at radius 2 is 1.51 bits per heavy atom. The van der Waals surface area contributed by atoms with E-state index in [2.05, 4.69) is 68.1 Å². The lowest BCUT2D eigenvalue weighted by molar-refractivity contribution is -0.136. The lowest BCUT2D eigenvalue weighted by atomic mass is 9.73. The number of rotatable bonds is 21. The number of allylic oxidation sites excluding steroid dienone is 1. The molecule has 0 saturated carbocycles. The van der Waals surface area contributed by atoms with Crippen molar-refractivity contribution in [2.24, 2.45) is 5.41 Å². The van der Waals surface area contributed by atoms with Crippen LogP contribution in [0.3, 0.4) is 0 Å². The quantitative estimate of drug-likeness (QED) is 0.0272. The van der Waals surface area contributed by atoms with Crippen LogP contribution in [0.1, 0.15) is 109 Å². The van der Waals surface area contributed by atoms with Crippen LogP contribution in [0, 0.1) is 17.3 Å². The number of hydrogen-bond acceptors (Lipinski definition) is 14. The molecule has 2 atom stereocenters. The van der Waals surface area contributed by atoms with Crippen molar-refractivity contribution in [2.75, 3.05) is 88.0 Å². The van der Waals surface area contributed by atoms with E-state index in [1.54, 1.807) is 18.2 Å². The van der Waals surface area contributed by atoms with E-state index in [9.17, 15) is 49.2 Å². The smallest absolute Gasteiger partial charge is 0.380 e. The molecule has 4 amide bonds. The van der Waals surface area contributed by atoms with Crippen molar-refractivity contribution in [2.45, 2.75) is 110 Å². The van der Waals surface area contributed by atoms with E-state index in [4.69, 9.17) is 11.6 Å². The topological polar surface area (TPSA) is 189 Å². The van der Waals surface area contributed by atoms with Gasteiger partial charge in [0.2, 0.25) is 11.8 Å². The molecule has 4 heterocycles. The number of imide groups is 1. The number of carbonyl (C=O) groups excluding carboxylic acids is 4. The van der Waals surface area contributed by atoms with Gasteiger partial charge in [0, 0.05) is 129 Å². The molecule has 3 saturated heterocycles. The van der Waals surface area contributed by atoms with Crippen LogP contribution in [0.25, 0.3) is 5.57 Å². The van der Waals surface area contributed by atoms with Crippen molar-refractivity contribution in [1.29, 1.82) is 0 Å². The summed E-state index contributed by atoms with van der Waals surface area (Å²) in [6.45, 7) is 13.3. The lowest BCUT2D eigenvalue weighted by Crippen LogP contribution is -2.52. The average Bonchev–Trinajstić information content (AvgIpc) is 1.63. The third kappa shape index (κ3) is 16.4. The molecule has 5 aromatic rings. The number of piperidine rings is 1. The molecule has 16 nitrogen and oxygen atoms in total. The molecule has 3 fully saturated rings. The molecule has 10 rings (SSSR count). The van der Waals surface area contributed by atoms with Crippen molar-refractivity contribution < 1.29 is 49.2 Å². The molecule has 89 heavy (non-hydrogen) atoms. The van der Waals surface area contributed by atoms with Crippen molar-refractivity contribution >= 4 is 83.8 Å². The molecule has 5 aromatic carbocycles. The second kappa shape index (κ2) is 28.2. The summed E-state index contributed by atoms with van der Waals surface area (Å²) in [6, 6.07) is 30.5. The number of unbranched alkanes of at least 4 members (excludes halogenated alkanes) is 2. The third-order valence-electron chi connectivity index (χ3n) is 17.3. The Labute approximate surface area is 528 Å². The fourth-order valence-corrected chi connectivity index (χ4v) is 15.4. The fourth-order valence-electron chi connectivity index (χ4n) is 12.3. The maximum absolute atomic E-state index is 14.5. The van der Waals surface area contributed by atoms with E-state index in [0.717, 1.165) is 131 Å². The van der Waals surface area contributed by atoms with Crippen LogP contribution in [0.2, 0.25) is 5.02 Å². The number of halogens is 4. The van der Waals surface area contributed by atoms with E-state index in [1.165, 1.54) is 45.5 Å². The van der Waals surface area contributed by atoms with Crippen molar-refractivity contribution in [3.8, 4) is 11.8 Å². The molecule has 0 spiro atoms. The van der Waals surface area contributed by atoms with E-state index in [-0.39, 0.29) is 35.8 Å². The first-order valence-electron chi connectivity index (χ1n) is 30.2. The molecule has 1 aliphatic carbocycles. The minimum absolute atomic E-state index is 0.0176. The summed E-state index contributed by atoms with van der Waals surface area (Å²) in [4.78, 5) is 60.3. The van der Waals surface area contributed by atoms with Crippen molar-refractivity contribution in [3.05, 3.63) is 154 Å². The Balaban J connectivity index is 0.720. The Kier molecular flexibility index (Phi) is 20.7. The van der Waals surface area contributed by atoms with Crippen LogP contribution < -0.4 is 20.3 Å². The number of amides is 4. The number of carbonyl (C=O) groups is 4. The van der Waals surface area contributed by atoms with Crippen LogP contribution in [0.4, 0.5) is 24.5 Å². The molecule has 472 valence electrons. The molecule has 3 N–H and O–H groups in total. The maximum Gasteiger partial charge on any atom is 0.501 e. The van der Waals surface area contributed by atoms with Gasteiger partial charge < -0.3 is 24.9 Å². The molecular weight excluding hydrogens is 1220 g/mol. The number of sulfone groups is 1. The van der Waals surface area contributed by atoms with Crippen LogP contribution in [0.15, 0.2) is 136 Å². The second-order valence-corrected chi connectivity index (χ2v) is 29.4. The van der Waals surface area contributed by atoms with Crippen molar-refractivity contribution in [1.82, 2.24) is 29.6 Å². The molecular formula is C66H74ClF3N8O8S3. The standard InChI is InChI=1S/C66H74ClF3N8O8S3/c1-65(2)29-27-56(47-14-18-51(67)19-15-47)50(42-65)43-76-36-38-77(39-37-76)53-20-16-48(17-21-53)62(80)73-89(85,86)55-22-24-58(60(41-55)88(83,84)66(68,69)70)71-52(45-87-54-11-7-5-8-12-54)28-31-75-34-32-74(33-35-75)30-9-4-3-6-10-46-13-23-57-49(40-46)44-78(64(57)82)59-25-26-61(79)72-63(59)81/h5,7-8,11-24,40-41,52,59,71H,3-4,9,25-39,42-45H2,1-2H3,(H,73,80)(H,72,79,81). The summed E-state index contributed by atoms with van der Waals surface area (Å²) in [6.07, 6.45) is 6.49. The summed E-state index contributed by atoms with van der Waals surface area (Å²) < 4.78 is 99.8. The van der Waals surface area contributed by atoms with E-state index < -0.39 is 64.7 Å². The molecule has 2 unspecified atom stereocenters. The first kappa shape index (κ1) is 65.2. The number of fused-ring (bicyclic) bond motifs is 1. The molecule has 5 aliphatic rings. The maximum atomic E-state index is 14.5. The number of sulfonamides is 1. The molecule has 0 radical (unpaired) electrons. The molecule has 0 bridgehead atoms. The lowest BCUT2D eigenvalue weighted by Gasteiger charge is -2.39. The largest absolute Gasteiger partial charge is 0.501 e. The Hall–Kier alpha value is -6.71. The number of hydrogen-bond donors (Lipinski definition) is 3. The normalized spacial score (nSPS) is 19.1. The highest BCUT2D eigenvalue weighted by Gasteiger charge is 2.49. The molecule has 4 aliphatic heterocycles. The minimum atomic E-state index is -6.12. The summed E-state index contributed by atoms with van der Waals surface area (Å²) >= 11 is 7.66. The predicted octanol–water partition coefficient (Wildman–Crippen LogP) is 10.1. The summed E-state index contributed by atoms with van der Waals surface area (Å²) in [5.41, 5.74) is 0.967. The summed E-state index contributed by atoms with van der Waals surface area (Å²) in [7, 11) is -11.0. The van der Waals surface area contributed by atoms with Crippen LogP contribution in [-0.4, -0.2) is 155 Å². The van der Waals surface area contributed by atoms with Crippen molar-refractivity contribution in [3.63, 3.8) is 0 Å². The minimum Gasteiger partial charge on any atom is -0.380 e. The fraction of sp³-hybridized carbons (Fsp3) is 0.424. The zero-order valence-corrected chi connectivity index (χ0v) is 53.1. The number of piperazine rings is 2. The van der Waals surface area contributed by atoms with Gasteiger partial charge in [-0.3, -0.25) is 29.4 Å². The van der Waals surface area contributed by atoms with Gasteiger partial charge in [0.15, 0.2) is 0 Å². The summed E-state index contributed by atoms with van der Waals surface area (Å²) in [5, 5.41) is 6.09. The number of nitrogens with one attached hydrogen (secondary N) is 3. The van der Waals surface area contributed by atoms with Gasteiger partial charge in [0.25, 0.3) is 31.7 Å². The highest BCUT2D eigenvalue weighted by atomic mass is 35.5. The number of anilines is 2. The number of benzene rings is 5. The van der Waals surface area contributed by atoms with Gasteiger partial charge in [0.05, 0.1) is 10.6 Å². The number of nitrogens with zero attached hydrogens (tertiary/aromatic N) is 5. The predicted molar refractivity (Wildman–Crippen MR) is 341 cm³/mol. The Morgan fingerprint density at radius 1 is 0.809 bits per heavy atom. The first-order valence-corrected chi connectivity index (χ1v) is 34.5. The molecule has 23 heteroatoms. The zero-order valence-electron chi connectivity index (χ0n) is 49.9. The SMILES string of the molecule is CC1(C)CCC(c2ccc(Cl)cc2)=C(CN2CCN(c3ccc(C(=O)NS(=O)(=O)c4ccc(NC(CCN5CCN(CCCCC#Cc6ccc7c(c6)CN(C6CCC(=O)NC6=O)C7=O)CC5)CSc5ccccc5)c(S(=O)(=O)C(F)(F)F)c4)cc3)CC2)C1. The zero-order chi connectivity index (χ0) is 63.1. The van der Waals surface area contributed by atoms with Gasteiger partial charge in [-0.1, -0.05) is 73.2 Å². The van der Waals surface area contributed by atoms with Gasteiger partial charge >= 0.3 is 5.51 Å².